The van der Waals surface area contributed by atoms with Gasteiger partial charge in [-0.15, -0.1) is 0 Å². The summed E-state index contributed by atoms with van der Waals surface area (Å²) in [4.78, 5) is 0. The Labute approximate surface area is 89.7 Å². The van der Waals surface area contributed by atoms with Crippen LogP contribution in [0.1, 0.15) is 24.8 Å². The van der Waals surface area contributed by atoms with Gasteiger partial charge in [-0.1, -0.05) is 29.7 Å². The minimum Gasteiger partial charge on any atom is -0.375 e. The first-order valence-electron chi connectivity index (χ1n) is 5.21. The van der Waals surface area contributed by atoms with Crippen molar-refractivity contribution in [2.24, 2.45) is 0 Å². The predicted octanol–water partition coefficient (Wildman–Crippen LogP) is 0.199. The smallest absolute Gasteiger partial charge is 0.113 e. The molecule has 14 heavy (non-hydrogen) atoms. The monoisotopic (exact) mass is 202 g/mol. The summed E-state index contributed by atoms with van der Waals surface area (Å²) in [5, 5.41) is 0.0476. The molecule has 1 heterocycles. The van der Waals surface area contributed by atoms with Crippen molar-refractivity contribution in [1.29, 1.82) is 0 Å². The first kappa shape index (κ1) is 10.00. The lowest BCUT2D eigenvalue weighted by molar-refractivity contribution is -0.0209. The summed E-state index contributed by atoms with van der Waals surface area (Å²) in [5.74, 6) is 0. The molecule has 1 aromatic carbocycles. The second-order valence-corrected chi connectivity index (χ2v) is 5.77. The zero-order chi connectivity index (χ0) is 10.0. The van der Waals surface area contributed by atoms with Crippen LogP contribution in [0.25, 0.3) is 0 Å². The fourth-order valence-electron chi connectivity index (χ4n) is 2.00. The molecule has 1 aromatic rings. The molecule has 1 nitrogen and oxygen atoms in total. The molecule has 2 rings (SSSR count). The van der Waals surface area contributed by atoms with Gasteiger partial charge in [-0.25, -0.2) is 0 Å². The largest absolute Gasteiger partial charge is 0.375 e. The Morgan fingerprint density at radius 2 is 1.93 bits per heavy atom. The fourth-order valence-corrected chi connectivity index (χ4v) is 2.89. The van der Waals surface area contributed by atoms with E-state index in [4.69, 9.17) is 12.6 Å². The quantitative estimate of drug-likeness (QED) is 0.591. The van der Waals surface area contributed by atoms with Crippen LogP contribution in [0.15, 0.2) is 24.3 Å². The summed E-state index contributed by atoms with van der Waals surface area (Å²) in [6.45, 7) is 0.911. The molecule has 1 atom stereocenters. The van der Waals surface area contributed by atoms with Gasteiger partial charge in [-0.3, -0.25) is 0 Å². The van der Waals surface area contributed by atoms with Crippen LogP contribution in [-0.4, -0.2) is 24.7 Å². The second kappa shape index (κ2) is 3.91. The predicted molar refractivity (Wildman–Crippen MR) is 63.3 cm³/mol. The second-order valence-electron chi connectivity index (χ2n) is 4.16. The van der Waals surface area contributed by atoms with Crippen LogP contribution >= 0.6 is 0 Å². The summed E-state index contributed by atoms with van der Waals surface area (Å²) < 4.78 is 5.91. The third-order valence-corrected chi connectivity index (χ3v) is 4.36. The molecule has 72 valence electrons. The molecule has 1 aliphatic heterocycles. The Bertz CT molecular complexity index is 304. The Kier molecular flexibility index (Phi) is 2.79. The van der Waals surface area contributed by atoms with E-state index in [0.717, 1.165) is 22.3 Å². The van der Waals surface area contributed by atoms with E-state index in [-0.39, 0.29) is 5.22 Å². The van der Waals surface area contributed by atoms with Crippen molar-refractivity contribution < 1.29 is 4.74 Å². The average Bonchev–Trinajstić information content (AvgIpc) is 2.19. The third-order valence-electron chi connectivity index (χ3n) is 2.99. The van der Waals surface area contributed by atoms with E-state index in [1.165, 1.54) is 24.8 Å². The lowest BCUT2D eigenvalue weighted by Crippen LogP contribution is -2.34. The van der Waals surface area contributed by atoms with Crippen LogP contribution in [0.5, 0.6) is 0 Å². The van der Waals surface area contributed by atoms with Gasteiger partial charge in [0.25, 0.3) is 0 Å². The Morgan fingerprint density at radius 3 is 2.50 bits per heavy atom. The van der Waals surface area contributed by atoms with Gasteiger partial charge in [0, 0.05) is 16.8 Å². The molecule has 0 saturated carbocycles. The van der Waals surface area contributed by atoms with Gasteiger partial charge < -0.3 is 4.74 Å². The van der Waals surface area contributed by atoms with E-state index in [9.17, 15) is 0 Å². The summed E-state index contributed by atoms with van der Waals surface area (Å²) >= 11 is 0. The van der Waals surface area contributed by atoms with Crippen molar-refractivity contribution in [3.05, 3.63) is 29.8 Å². The topological polar surface area (TPSA) is 9.23 Å². The number of hydrogen-bond acceptors (Lipinski definition) is 1. The highest BCUT2D eigenvalue weighted by atomic mass is 28.1. The van der Waals surface area contributed by atoms with Gasteiger partial charge in [0.05, 0.1) is 5.22 Å². The van der Waals surface area contributed by atoms with Crippen LogP contribution in [0.2, 0.25) is 0 Å². The maximum Gasteiger partial charge on any atom is 0.113 e. The molecule has 0 aliphatic carbocycles. The fraction of sp³-hybridized carbons (Fsp3) is 0.455. The third kappa shape index (κ3) is 1.94. The standard InChI is InChI=1S/C11H15BOSi/c12-10-5-3-9(4-6-10)11(14)7-1-2-8-13-11/h3-6H,1-2,7-8H2,14H3. The molecule has 2 radical (unpaired) electrons. The van der Waals surface area contributed by atoms with E-state index in [0.29, 0.717) is 0 Å². The van der Waals surface area contributed by atoms with Crippen molar-refractivity contribution in [2.45, 2.75) is 24.5 Å². The molecule has 1 saturated heterocycles. The zero-order valence-corrected chi connectivity index (χ0v) is 10.6. The van der Waals surface area contributed by atoms with E-state index < -0.39 is 0 Å². The van der Waals surface area contributed by atoms with Crippen molar-refractivity contribution >= 4 is 23.6 Å². The van der Waals surface area contributed by atoms with Crippen LogP contribution in [0.3, 0.4) is 0 Å². The molecule has 0 spiro atoms. The molecule has 0 N–H and O–H groups in total. The Hall–Kier alpha value is -0.538. The van der Waals surface area contributed by atoms with Crippen LogP contribution in [0.4, 0.5) is 0 Å². The SMILES string of the molecule is [B]c1ccc(C2([SiH3])CCCCO2)cc1. The van der Waals surface area contributed by atoms with Crippen molar-refractivity contribution in [1.82, 2.24) is 0 Å². The van der Waals surface area contributed by atoms with Gasteiger partial charge in [-0.05, 0) is 24.8 Å². The number of benzene rings is 1. The summed E-state index contributed by atoms with van der Waals surface area (Å²) in [7, 11) is 6.72. The van der Waals surface area contributed by atoms with E-state index in [1.54, 1.807) is 0 Å². The first-order chi connectivity index (χ1) is 6.71. The summed E-state index contributed by atoms with van der Waals surface area (Å²) in [6.07, 6.45) is 3.66. The molecule has 1 unspecified atom stereocenters. The maximum atomic E-state index is 5.91. The Morgan fingerprint density at radius 1 is 1.21 bits per heavy atom. The molecule has 1 aliphatic rings. The summed E-state index contributed by atoms with van der Waals surface area (Å²) in [5.41, 5.74) is 2.13. The lowest BCUT2D eigenvalue weighted by Gasteiger charge is -2.34. The molecular formula is C11H15BOSi. The molecule has 0 amide bonds. The highest BCUT2D eigenvalue weighted by Gasteiger charge is 2.29. The van der Waals surface area contributed by atoms with Gasteiger partial charge in [0.1, 0.15) is 7.85 Å². The van der Waals surface area contributed by atoms with Gasteiger partial charge in [-0.2, -0.15) is 0 Å². The van der Waals surface area contributed by atoms with E-state index >= 15 is 0 Å². The molecule has 3 heteroatoms. The number of hydrogen-bond donors (Lipinski definition) is 0. The Balaban J connectivity index is 2.23. The van der Waals surface area contributed by atoms with Gasteiger partial charge >= 0.3 is 0 Å². The van der Waals surface area contributed by atoms with Crippen LogP contribution in [-0.2, 0) is 9.96 Å². The molecular weight excluding hydrogens is 187 g/mol. The maximum absolute atomic E-state index is 5.91. The number of ether oxygens (including phenoxy) is 1. The summed E-state index contributed by atoms with van der Waals surface area (Å²) in [6, 6.07) is 8.14. The molecule has 0 bridgehead atoms. The minimum absolute atomic E-state index is 0.0476. The van der Waals surface area contributed by atoms with E-state index in [2.05, 4.69) is 12.1 Å². The lowest BCUT2D eigenvalue weighted by atomic mass is 9.92. The van der Waals surface area contributed by atoms with Crippen LogP contribution in [0, 0.1) is 0 Å². The number of rotatable bonds is 1. The normalized spacial score (nSPS) is 27.7. The van der Waals surface area contributed by atoms with E-state index in [1.807, 2.05) is 12.1 Å². The van der Waals surface area contributed by atoms with Crippen LogP contribution < -0.4 is 5.46 Å². The van der Waals surface area contributed by atoms with Crippen molar-refractivity contribution in [3.63, 3.8) is 0 Å². The minimum atomic E-state index is 0.0476. The zero-order valence-electron chi connectivity index (χ0n) is 8.62. The first-order valence-corrected chi connectivity index (χ1v) is 6.21. The molecule has 0 aromatic heterocycles. The van der Waals surface area contributed by atoms with Crippen molar-refractivity contribution in [2.75, 3.05) is 6.61 Å². The highest BCUT2D eigenvalue weighted by molar-refractivity contribution is 6.32. The van der Waals surface area contributed by atoms with Crippen molar-refractivity contribution in [3.8, 4) is 0 Å². The average molecular weight is 202 g/mol. The van der Waals surface area contributed by atoms with Gasteiger partial charge in [0.2, 0.25) is 0 Å². The molecule has 1 fully saturated rings. The highest BCUT2D eigenvalue weighted by Crippen LogP contribution is 2.31. The van der Waals surface area contributed by atoms with Gasteiger partial charge in [0.15, 0.2) is 0 Å².